The molecule has 1 saturated heterocycles. The first-order valence-electron chi connectivity index (χ1n) is 7.99. The van der Waals surface area contributed by atoms with Gasteiger partial charge in [-0.3, -0.25) is 25.2 Å². The molecule has 130 valence electrons. The second-order valence-corrected chi connectivity index (χ2v) is 6.99. The van der Waals surface area contributed by atoms with Crippen molar-refractivity contribution in [1.29, 1.82) is 0 Å². The third-order valence-corrected chi connectivity index (χ3v) is 4.97. The molecule has 1 aliphatic rings. The summed E-state index contributed by atoms with van der Waals surface area (Å²) in [5, 5.41) is 0. The van der Waals surface area contributed by atoms with Crippen molar-refractivity contribution in [2.24, 2.45) is 5.92 Å². The highest BCUT2D eigenvalue weighted by Crippen LogP contribution is 2.18. The molecule has 0 aromatic heterocycles. The molecule has 0 spiro atoms. The molecule has 6 nitrogen and oxygen atoms in total. The highest BCUT2D eigenvalue weighted by atomic mass is 32.2. The number of hydrogen-bond donors (Lipinski definition) is 2. The van der Waals surface area contributed by atoms with Gasteiger partial charge in [-0.25, -0.2) is 0 Å². The van der Waals surface area contributed by atoms with E-state index in [9.17, 15) is 14.4 Å². The number of likely N-dealkylation sites (tertiary alicyclic amines) is 1. The smallest absolute Gasteiger partial charge is 0.248 e. The maximum atomic E-state index is 12.1. The lowest BCUT2D eigenvalue weighted by atomic mass is 9.97. The van der Waals surface area contributed by atoms with Crippen LogP contribution in [0.25, 0.3) is 0 Å². The number of nitrogens with one attached hydrogen (secondary N) is 2. The summed E-state index contributed by atoms with van der Waals surface area (Å²) < 4.78 is 0. The number of piperidine rings is 1. The molecule has 3 amide bonds. The second kappa shape index (κ2) is 8.73. The summed E-state index contributed by atoms with van der Waals surface area (Å²) in [6.45, 7) is 4.62. The van der Waals surface area contributed by atoms with Crippen LogP contribution in [0.5, 0.6) is 0 Å². The number of benzene rings is 1. The zero-order valence-corrected chi connectivity index (χ0v) is 14.8. The van der Waals surface area contributed by atoms with Crippen LogP contribution in [0, 0.1) is 12.8 Å². The van der Waals surface area contributed by atoms with Crippen molar-refractivity contribution < 1.29 is 14.4 Å². The predicted molar refractivity (Wildman–Crippen MR) is 93.2 cm³/mol. The van der Waals surface area contributed by atoms with E-state index in [-0.39, 0.29) is 29.4 Å². The molecule has 0 radical (unpaired) electrons. The van der Waals surface area contributed by atoms with Gasteiger partial charge in [-0.1, -0.05) is 17.7 Å². The van der Waals surface area contributed by atoms with Crippen LogP contribution in [0.3, 0.4) is 0 Å². The Hall–Kier alpha value is -2.02. The minimum Gasteiger partial charge on any atom is -0.342 e. The first-order valence-corrected chi connectivity index (χ1v) is 8.98. The highest BCUT2D eigenvalue weighted by Gasteiger charge is 2.27. The van der Waals surface area contributed by atoms with Gasteiger partial charge in [-0.15, -0.1) is 11.8 Å². The van der Waals surface area contributed by atoms with Crippen LogP contribution in [0.15, 0.2) is 29.2 Å². The normalized spacial score (nSPS) is 17.2. The van der Waals surface area contributed by atoms with Crippen LogP contribution in [-0.2, 0) is 14.4 Å². The van der Waals surface area contributed by atoms with Gasteiger partial charge in [0.1, 0.15) is 0 Å². The Morgan fingerprint density at radius 1 is 1.21 bits per heavy atom. The molecule has 1 atom stereocenters. The Kier molecular flexibility index (Phi) is 6.66. The van der Waals surface area contributed by atoms with Crippen LogP contribution >= 0.6 is 11.8 Å². The molecule has 2 rings (SSSR count). The van der Waals surface area contributed by atoms with E-state index in [0.717, 1.165) is 17.7 Å². The third-order valence-electron chi connectivity index (χ3n) is 3.95. The van der Waals surface area contributed by atoms with Gasteiger partial charge in [0.05, 0.1) is 11.7 Å². The van der Waals surface area contributed by atoms with E-state index in [1.165, 1.54) is 24.2 Å². The molecule has 1 aromatic carbocycles. The van der Waals surface area contributed by atoms with Crippen LogP contribution in [0.2, 0.25) is 0 Å². The molecule has 24 heavy (non-hydrogen) atoms. The monoisotopic (exact) mass is 349 g/mol. The molecule has 1 aliphatic heterocycles. The van der Waals surface area contributed by atoms with Gasteiger partial charge in [0.15, 0.2) is 0 Å². The summed E-state index contributed by atoms with van der Waals surface area (Å²) in [6.07, 6.45) is 1.53. The van der Waals surface area contributed by atoms with Crippen molar-refractivity contribution in [2.45, 2.75) is 31.6 Å². The number of carbonyl (C=O) groups is 3. The van der Waals surface area contributed by atoms with E-state index in [0.29, 0.717) is 13.1 Å². The molecule has 1 fully saturated rings. The Labute approximate surface area is 146 Å². The van der Waals surface area contributed by atoms with Crippen molar-refractivity contribution in [3.63, 3.8) is 0 Å². The van der Waals surface area contributed by atoms with E-state index in [4.69, 9.17) is 0 Å². The quantitative estimate of drug-likeness (QED) is 0.638. The van der Waals surface area contributed by atoms with E-state index in [1.54, 1.807) is 4.90 Å². The van der Waals surface area contributed by atoms with Gasteiger partial charge in [-0.05, 0) is 31.9 Å². The zero-order chi connectivity index (χ0) is 17.5. The number of hydrogen-bond acceptors (Lipinski definition) is 4. The summed E-state index contributed by atoms with van der Waals surface area (Å²) in [4.78, 5) is 38.0. The lowest BCUT2D eigenvalue weighted by molar-refractivity contribution is -0.136. The first-order chi connectivity index (χ1) is 11.5. The molecule has 2 N–H and O–H groups in total. The second-order valence-electron chi connectivity index (χ2n) is 5.94. The Bertz CT molecular complexity index is 604. The minimum absolute atomic E-state index is 0.0222. The molecule has 1 aromatic rings. The molecule has 0 bridgehead atoms. The average Bonchev–Trinajstić information content (AvgIpc) is 2.59. The van der Waals surface area contributed by atoms with Crippen molar-refractivity contribution in [3.05, 3.63) is 29.8 Å². The predicted octanol–water partition coefficient (Wildman–Crippen LogP) is 1.49. The molecular weight excluding hydrogens is 326 g/mol. The van der Waals surface area contributed by atoms with Crippen molar-refractivity contribution in [1.82, 2.24) is 15.8 Å². The summed E-state index contributed by atoms with van der Waals surface area (Å²) in [5.41, 5.74) is 6.08. The lowest BCUT2D eigenvalue weighted by Gasteiger charge is -2.31. The van der Waals surface area contributed by atoms with Gasteiger partial charge < -0.3 is 4.90 Å². The van der Waals surface area contributed by atoms with Crippen LogP contribution < -0.4 is 10.9 Å². The van der Waals surface area contributed by atoms with E-state index >= 15 is 0 Å². The van der Waals surface area contributed by atoms with E-state index in [2.05, 4.69) is 10.9 Å². The zero-order valence-electron chi connectivity index (χ0n) is 14.0. The number of hydrazine groups is 1. The van der Waals surface area contributed by atoms with Gasteiger partial charge in [0.25, 0.3) is 0 Å². The average molecular weight is 349 g/mol. The maximum Gasteiger partial charge on any atom is 0.248 e. The summed E-state index contributed by atoms with van der Waals surface area (Å²) >= 11 is 1.41. The molecular formula is C17H23N3O3S. The number of carbonyl (C=O) groups excluding carboxylic acids is 3. The van der Waals surface area contributed by atoms with Gasteiger partial charge in [0, 0.05) is 24.9 Å². The SMILES string of the molecule is CC(=O)N1CCC[C@H](C(=O)NNC(=O)CSc2ccc(C)cc2)C1. The van der Waals surface area contributed by atoms with E-state index < -0.39 is 0 Å². The molecule has 0 aliphatic carbocycles. The first kappa shape index (κ1) is 18.3. The van der Waals surface area contributed by atoms with Gasteiger partial charge >= 0.3 is 0 Å². The van der Waals surface area contributed by atoms with Crippen molar-refractivity contribution in [3.8, 4) is 0 Å². The van der Waals surface area contributed by atoms with Crippen molar-refractivity contribution >= 4 is 29.5 Å². The molecule has 1 heterocycles. The van der Waals surface area contributed by atoms with Crippen LogP contribution in [-0.4, -0.2) is 41.5 Å². The Morgan fingerprint density at radius 2 is 1.92 bits per heavy atom. The molecule has 0 unspecified atom stereocenters. The number of nitrogens with zero attached hydrogens (tertiary/aromatic N) is 1. The maximum absolute atomic E-state index is 12.1. The fourth-order valence-corrected chi connectivity index (χ4v) is 3.23. The third kappa shape index (κ3) is 5.56. The lowest BCUT2D eigenvalue weighted by Crippen LogP contribution is -2.50. The number of thioether (sulfide) groups is 1. The fourth-order valence-electron chi connectivity index (χ4n) is 2.53. The minimum atomic E-state index is -0.271. The van der Waals surface area contributed by atoms with E-state index in [1.807, 2.05) is 31.2 Å². The van der Waals surface area contributed by atoms with Crippen LogP contribution in [0.4, 0.5) is 0 Å². The largest absolute Gasteiger partial charge is 0.342 e. The molecule has 0 saturated carbocycles. The van der Waals surface area contributed by atoms with Crippen molar-refractivity contribution in [2.75, 3.05) is 18.8 Å². The topological polar surface area (TPSA) is 78.5 Å². The molecule has 7 heteroatoms. The summed E-state index contributed by atoms with van der Waals surface area (Å²) in [7, 11) is 0. The van der Waals surface area contributed by atoms with Gasteiger partial charge in [0.2, 0.25) is 17.7 Å². The number of amides is 3. The summed E-state index contributed by atoms with van der Waals surface area (Å²) in [6, 6.07) is 7.91. The van der Waals surface area contributed by atoms with Crippen LogP contribution in [0.1, 0.15) is 25.3 Å². The number of rotatable bonds is 4. The Morgan fingerprint density at radius 3 is 2.58 bits per heavy atom. The standard InChI is InChI=1S/C17H23N3O3S/c1-12-5-7-15(8-6-12)24-11-16(22)18-19-17(23)14-4-3-9-20(10-14)13(2)21/h5-8,14H,3-4,9-11H2,1-2H3,(H,18,22)(H,19,23)/t14-/m0/s1. The highest BCUT2D eigenvalue weighted by molar-refractivity contribution is 8.00. The number of aryl methyl sites for hydroxylation is 1. The summed E-state index contributed by atoms with van der Waals surface area (Å²) in [5.74, 6) is -0.561. The van der Waals surface area contributed by atoms with Gasteiger partial charge in [-0.2, -0.15) is 0 Å². The Balaban J connectivity index is 1.71. The fraction of sp³-hybridized carbons (Fsp3) is 0.471.